The first-order chi connectivity index (χ1) is 5.69. The summed E-state index contributed by atoms with van der Waals surface area (Å²) in [5, 5.41) is 9.92. The van der Waals surface area contributed by atoms with Gasteiger partial charge in [-0.2, -0.15) is 0 Å². The number of hydrogen-bond acceptors (Lipinski definition) is 3. The summed E-state index contributed by atoms with van der Waals surface area (Å²) >= 11 is 0. The van der Waals surface area contributed by atoms with Crippen LogP contribution < -0.4 is 0 Å². The van der Waals surface area contributed by atoms with Crippen molar-refractivity contribution in [3.63, 3.8) is 0 Å². The predicted octanol–water partition coefficient (Wildman–Crippen LogP) is 1.08. The van der Waals surface area contributed by atoms with Gasteiger partial charge in [0.05, 0.1) is 13.2 Å². The minimum atomic E-state index is -0.950. The Morgan fingerprint density at radius 3 is 3.00 bits per heavy atom. The second-order valence-electron chi connectivity index (χ2n) is 3.04. The highest BCUT2D eigenvalue weighted by atomic mass is 16.5. The van der Waals surface area contributed by atoms with Crippen LogP contribution in [0.25, 0.3) is 0 Å². The normalized spacial score (nSPS) is 29.8. The number of aliphatic hydroxyl groups is 1. The van der Waals surface area contributed by atoms with Crippen molar-refractivity contribution < 1.29 is 14.6 Å². The molecular weight excluding hydrogens is 156 g/mol. The number of ether oxygens (including phenoxy) is 2. The zero-order valence-electron chi connectivity index (χ0n) is 7.51. The van der Waals surface area contributed by atoms with E-state index >= 15 is 0 Å². The molecule has 0 aromatic carbocycles. The number of rotatable bonds is 3. The molecule has 0 bridgehead atoms. The van der Waals surface area contributed by atoms with Gasteiger partial charge < -0.3 is 14.6 Å². The van der Waals surface area contributed by atoms with Gasteiger partial charge in [-0.3, -0.25) is 0 Å². The monoisotopic (exact) mass is 172 g/mol. The Hall–Kier alpha value is -0.540. The molecule has 0 aliphatic carbocycles. The van der Waals surface area contributed by atoms with Crippen LogP contribution in [0, 0.1) is 0 Å². The van der Waals surface area contributed by atoms with E-state index in [0.717, 1.165) is 13.0 Å². The highest BCUT2D eigenvalue weighted by molar-refractivity contribution is 5.06. The van der Waals surface area contributed by atoms with Crippen LogP contribution in [0.5, 0.6) is 0 Å². The third-order valence-electron chi connectivity index (χ3n) is 2.06. The molecule has 3 heteroatoms. The molecule has 3 nitrogen and oxygen atoms in total. The Morgan fingerprint density at radius 2 is 2.50 bits per heavy atom. The standard InChI is InChI=1S/C9H16O3/c1-3-12-8(2)9(10)5-4-6-11-7-9/h10H,2-7H2,1H3. The van der Waals surface area contributed by atoms with E-state index in [1.54, 1.807) is 0 Å². The van der Waals surface area contributed by atoms with E-state index in [2.05, 4.69) is 6.58 Å². The van der Waals surface area contributed by atoms with Crippen LogP contribution in [0.15, 0.2) is 12.3 Å². The highest BCUT2D eigenvalue weighted by Gasteiger charge is 2.34. The molecule has 1 unspecified atom stereocenters. The Kier molecular flexibility index (Phi) is 3.12. The first-order valence-electron chi connectivity index (χ1n) is 4.31. The average Bonchev–Trinajstić information content (AvgIpc) is 2.06. The molecule has 0 spiro atoms. The van der Waals surface area contributed by atoms with Crippen LogP contribution in [0.1, 0.15) is 19.8 Å². The molecule has 0 saturated carbocycles. The van der Waals surface area contributed by atoms with Gasteiger partial charge in [0.15, 0.2) is 0 Å². The van der Waals surface area contributed by atoms with Gasteiger partial charge >= 0.3 is 0 Å². The molecule has 1 heterocycles. The lowest BCUT2D eigenvalue weighted by atomic mass is 9.95. The van der Waals surface area contributed by atoms with Crippen LogP contribution in [0.2, 0.25) is 0 Å². The summed E-state index contributed by atoms with van der Waals surface area (Å²) in [5.74, 6) is 0.435. The average molecular weight is 172 g/mol. The van der Waals surface area contributed by atoms with Gasteiger partial charge in [0.2, 0.25) is 0 Å². The molecule has 1 atom stereocenters. The lowest BCUT2D eigenvalue weighted by Crippen LogP contribution is -2.40. The second-order valence-corrected chi connectivity index (χ2v) is 3.04. The van der Waals surface area contributed by atoms with Crippen molar-refractivity contribution in [2.75, 3.05) is 19.8 Å². The largest absolute Gasteiger partial charge is 0.496 e. The Balaban J connectivity index is 2.50. The predicted molar refractivity (Wildman–Crippen MR) is 45.8 cm³/mol. The van der Waals surface area contributed by atoms with E-state index in [1.807, 2.05) is 6.92 Å². The summed E-state index contributed by atoms with van der Waals surface area (Å²) in [6.07, 6.45) is 1.55. The summed E-state index contributed by atoms with van der Waals surface area (Å²) in [6, 6.07) is 0. The van der Waals surface area contributed by atoms with Crippen LogP contribution in [-0.4, -0.2) is 30.5 Å². The third kappa shape index (κ3) is 1.99. The Morgan fingerprint density at radius 1 is 1.75 bits per heavy atom. The molecule has 1 aliphatic heterocycles. The molecular formula is C9H16O3. The van der Waals surface area contributed by atoms with Crippen molar-refractivity contribution in [1.29, 1.82) is 0 Å². The Bertz CT molecular complexity index is 159. The fraction of sp³-hybridized carbons (Fsp3) is 0.778. The minimum absolute atomic E-state index is 0.311. The maximum atomic E-state index is 9.92. The zero-order chi connectivity index (χ0) is 9.03. The first kappa shape index (κ1) is 9.55. The molecule has 70 valence electrons. The van der Waals surface area contributed by atoms with E-state index in [1.165, 1.54) is 0 Å². The summed E-state index contributed by atoms with van der Waals surface area (Å²) in [4.78, 5) is 0. The van der Waals surface area contributed by atoms with Crippen molar-refractivity contribution in [3.05, 3.63) is 12.3 Å². The van der Waals surface area contributed by atoms with Crippen molar-refractivity contribution >= 4 is 0 Å². The minimum Gasteiger partial charge on any atom is -0.496 e. The van der Waals surface area contributed by atoms with E-state index in [4.69, 9.17) is 9.47 Å². The van der Waals surface area contributed by atoms with Crippen LogP contribution in [0.3, 0.4) is 0 Å². The van der Waals surface area contributed by atoms with Gasteiger partial charge in [-0.05, 0) is 19.8 Å². The maximum Gasteiger partial charge on any atom is 0.144 e. The molecule has 1 saturated heterocycles. The third-order valence-corrected chi connectivity index (χ3v) is 2.06. The van der Waals surface area contributed by atoms with Crippen LogP contribution in [0.4, 0.5) is 0 Å². The van der Waals surface area contributed by atoms with Crippen molar-refractivity contribution in [2.45, 2.75) is 25.4 Å². The van der Waals surface area contributed by atoms with Gasteiger partial charge in [-0.25, -0.2) is 0 Å². The topological polar surface area (TPSA) is 38.7 Å². The summed E-state index contributed by atoms with van der Waals surface area (Å²) < 4.78 is 10.3. The lowest BCUT2D eigenvalue weighted by molar-refractivity contribution is -0.0889. The van der Waals surface area contributed by atoms with Gasteiger partial charge in [0.1, 0.15) is 11.4 Å². The fourth-order valence-corrected chi connectivity index (χ4v) is 1.31. The molecule has 1 rings (SSSR count). The SMILES string of the molecule is C=C(OCC)C1(O)CCCOC1. The van der Waals surface area contributed by atoms with E-state index in [-0.39, 0.29) is 0 Å². The Labute approximate surface area is 73.0 Å². The zero-order valence-corrected chi connectivity index (χ0v) is 7.51. The second kappa shape index (κ2) is 3.92. The van der Waals surface area contributed by atoms with Crippen LogP contribution >= 0.6 is 0 Å². The van der Waals surface area contributed by atoms with Gasteiger partial charge in [-0.1, -0.05) is 6.58 Å². The van der Waals surface area contributed by atoms with Gasteiger partial charge in [-0.15, -0.1) is 0 Å². The fourth-order valence-electron chi connectivity index (χ4n) is 1.31. The van der Waals surface area contributed by atoms with Crippen molar-refractivity contribution in [1.82, 2.24) is 0 Å². The molecule has 0 amide bonds. The molecule has 0 radical (unpaired) electrons. The van der Waals surface area contributed by atoms with Crippen LogP contribution in [-0.2, 0) is 9.47 Å². The van der Waals surface area contributed by atoms with E-state index in [0.29, 0.717) is 25.4 Å². The lowest BCUT2D eigenvalue weighted by Gasteiger charge is -2.32. The maximum absolute atomic E-state index is 9.92. The molecule has 1 aliphatic rings. The quantitative estimate of drug-likeness (QED) is 0.647. The van der Waals surface area contributed by atoms with Crippen molar-refractivity contribution in [2.24, 2.45) is 0 Å². The van der Waals surface area contributed by atoms with Crippen molar-refractivity contribution in [3.8, 4) is 0 Å². The van der Waals surface area contributed by atoms with Gasteiger partial charge in [0.25, 0.3) is 0 Å². The summed E-state index contributed by atoms with van der Waals surface area (Å²) in [5.41, 5.74) is -0.950. The highest BCUT2D eigenvalue weighted by Crippen LogP contribution is 2.26. The summed E-state index contributed by atoms with van der Waals surface area (Å²) in [6.45, 7) is 7.14. The number of hydrogen-bond donors (Lipinski definition) is 1. The summed E-state index contributed by atoms with van der Waals surface area (Å²) in [7, 11) is 0. The van der Waals surface area contributed by atoms with E-state index in [9.17, 15) is 5.11 Å². The smallest absolute Gasteiger partial charge is 0.144 e. The molecule has 0 aromatic rings. The van der Waals surface area contributed by atoms with E-state index < -0.39 is 5.60 Å². The molecule has 0 aromatic heterocycles. The first-order valence-corrected chi connectivity index (χ1v) is 4.31. The molecule has 12 heavy (non-hydrogen) atoms. The molecule has 1 N–H and O–H groups in total. The molecule has 1 fully saturated rings. The van der Waals surface area contributed by atoms with Gasteiger partial charge in [0, 0.05) is 6.61 Å².